The number of aliphatic hydroxyl groups is 1. The summed E-state index contributed by atoms with van der Waals surface area (Å²) in [6, 6.07) is 16.3. The maximum Gasteiger partial charge on any atom is 0.315 e. The largest absolute Gasteiger partial charge is 0.508 e. The molecule has 0 aliphatic carbocycles. The first kappa shape index (κ1) is 17.8. The average Bonchev–Trinajstić information content (AvgIpc) is 2.61. The van der Waals surface area contributed by atoms with Crippen LogP contribution in [0.25, 0.3) is 0 Å². The highest BCUT2D eigenvalue weighted by Crippen LogP contribution is 2.15. The summed E-state index contributed by atoms with van der Waals surface area (Å²) in [5, 5.41) is 24.2. The molecular formula is C19H24N2O3. The Morgan fingerprint density at radius 3 is 2.42 bits per heavy atom. The van der Waals surface area contributed by atoms with Crippen molar-refractivity contribution in [2.45, 2.75) is 25.3 Å². The lowest BCUT2D eigenvalue weighted by molar-refractivity contribution is 0.229. The number of nitrogens with one attached hydrogen (secondary N) is 2. The highest BCUT2D eigenvalue weighted by molar-refractivity contribution is 5.74. The number of carbonyl (C=O) groups excluding carboxylic acids is 1. The maximum atomic E-state index is 12.0. The zero-order valence-electron chi connectivity index (χ0n) is 13.6. The molecule has 2 amide bonds. The summed E-state index contributed by atoms with van der Waals surface area (Å²) in [5.41, 5.74) is 2.10. The average molecular weight is 328 g/mol. The first-order valence-electron chi connectivity index (χ1n) is 8.17. The Morgan fingerprint density at radius 1 is 1.04 bits per heavy atom. The molecule has 5 nitrogen and oxygen atoms in total. The molecule has 0 fully saturated rings. The number of carbonyl (C=O) groups is 1. The number of benzene rings is 2. The van der Waals surface area contributed by atoms with Gasteiger partial charge in [-0.05, 0) is 42.5 Å². The number of amides is 2. The third-order valence-corrected chi connectivity index (χ3v) is 3.79. The standard InChI is InChI=1S/C19H24N2O3/c22-14-12-18(16-6-2-1-3-7-16)21-19(24)20-13-4-5-15-8-10-17(23)11-9-15/h1-3,6-11,18,22-23H,4-5,12-14H2,(H2,20,21,24)/t18-/m1/s1. The van der Waals surface area contributed by atoms with Crippen LogP contribution in [0.1, 0.15) is 30.0 Å². The summed E-state index contributed by atoms with van der Waals surface area (Å²) >= 11 is 0. The van der Waals surface area contributed by atoms with Crippen molar-refractivity contribution in [2.24, 2.45) is 0 Å². The molecule has 0 aromatic heterocycles. The van der Waals surface area contributed by atoms with Crippen molar-refractivity contribution in [1.82, 2.24) is 10.6 Å². The number of aromatic hydroxyl groups is 1. The zero-order valence-corrected chi connectivity index (χ0v) is 13.6. The van der Waals surface area contributed by atoms with Gasteiger partial charge in [0.2, 0.25) is 0 Å². The lowest BCUT2D eigenvalue weighted by Gasteiger charge is -2.18. The molecule has 5 heteroatoms. The summed E-state index contributed by atoms with van der Waals surface area (Å²) in [6.45, 7) is 0.577. The summed E-state index contributed by atoms with van der Waals surface area (Å²) in [6.07, 6.45) is 2.12. The van der Waals surface area contributed by atoms with Crippen LogP contribution in [0.2, 0.25) is 0 Å². The zero-order chi connectivity index (χ0) is 17.2. The molecule has 0 aliphatic rings. The Kier molecular flexibility index (Phi) is 7.11. The minimum absolute atomic E-state index is 0.0146. The lowest BCUT2D eigenvalue weighted by atomic mass is 10.0. The van der Waals surface area contributed by atoms with E-state index in [4.69, 9.17) is 0 Å². The SMILES string of the molecule is O=C(NCCCc1ccc(O)cc1)N[C@H](CCO)c1ccccc1. The molecule has 24 heavy (non-hydrogen) atoms. The number of urea groups is 1. The molecule has 0 aliphatic heterocycles. The molecule has 0 unspecified atom stereocenters. The van der Waals surface area contributed by atoms with Gasteiger partial charge in [0, 0.05) is 13.2 Å². The second-order valence-corrected chi connectivity index (χ2v) is 5.65. The minimum Gasteiger partial charge on any atom is -0.508 e. The summed E-state index contributed by atoms with van der Waals surface area (Å²) < 4.78 is 0. The Morgan fingerprint density at radius 2 is 1.75 bits per heavy atom. The number of hydrogen-bond acceptors (Lipinski definition) is 3. The predicted molar refractivity (Wildman–Crippen MR) is 93.8 cm³/mol. The van der Waals surface area contributed by atoms with Crippen molar-refractivity contribution < 1.29 is 15.0 Å². The predicted octanol–water partition coefficient (Wildman–Crippen LogP) is 2.75. The number of aryl methyl sites for hydroxylation is 1. The third kappa shape index (κ3) is 5.93. The van der Waals surface area contributed by atoms with Crippen LogP contribution >= 0.6 is 0 Å². The third-order valence-electron chi connectivity index (χ3n) is 3.79. The molecule has 0 spiro atoms. The Labute approximate surface area is 142 Å². The van der Waals surface area contributed by atoms with Crippen LogP contribution in [0.4, 0.5) is 4.79 Å². The molecule has 2 rings (SSSR count). The van der Waals surface area contributed by atoms with E-state index < -0.39 is 0 Å². The second-order valence-electron chi connectivity index (χ2n) is 5.65. The fourth-order valence-electron chi connectivity index (χ4n) is 2.50. The van der Waals surface area contributed by atoms with Crippen molar-refractivity contribution in [1.29, 1.82) is 0 Å². The fraction of sp³-hybridized carbons (Fsp3) is 0.316. The van der Waals surface area contributed by atoms with Gasteiger partial charge in [0.1, 0.15) is 5.75 Å². The van der Waals surface area contributed by atoms with E-state index in [9.17, 15) is 15.0 Å². The summed E-state index contributed by atoms with van der Waals surface area (Å²) in [7, 11) is 0. The van der Waals surface area contributed by atoms with Gasteiger partial charge in [-0.3, -0.25) is 0 Å². The smallest absolute Gasteiger partial charge is 0.315 e. The van der Waals surface area contributed by atoms with E-state index in [0.717, 1.165) is 24.0 Å². The van der Waals surface area contributed by atoms with E-state index in [0.29, 0.717) is 13.0 Å². The second kappa shape index (κ2) is 9.57. The van der Waals surface area contributed by atoms with Crippen LogP contribution in [0.5, 0.6) is 5.75 Å². The highest BCUT2D eigenvalue weighted by atomic mass is 16.3. The van der Waals surface area contributed by atoms with Crippen LogP contribution < -0.4 is 10.6 Å². The van der Waals surface area contributed by atoms with Crippen LogP contribution in [0, 0.1) is 0 Å². The molecule has 1 atom stereocenters. The molecule has 2 aromatic carbocycles. The van der Waals surface area contributed by atoms with Gasteiger partial charge >= 0.3 is 6.03 Å². The van der Waals surface area contributed by atoms with Gasteiger partial charge in [-0.25, -0.2) is 4.79 Å². The van der Waals surface area contributed by atoms with Crippen LogP contribution in [-0.4, -0.2) is 29.4 Å². The van der Waals surface area contributed by atoms with Crippen LogP contribution in [0.15, 0.2) is 54.6 Å². The first-order chi connectivity index (χ1) is 11.7. The Bertz CT molecular complexity index is 614. The molecule has 2 aromatic rings. The van der Waals surface area contributed by atoms with Gasteiger partial charge in [0.15, 0.2) is 0 Å². The van der Waals surface area contributed by atoms with Crippen molar-refractivity contribution in [2.75, 3.05) is 13.2 Å². The van der Waals surface area contributed by atoms with E-state index in [1.54, 1.807) is 12.1 Å². The van der Waals surface area contributed by atoms with Gasteiger partial charge in [-0.1, -0.05) is 42.5 Å². The molecule has 128 valence electrons. The van der Waals surface area contributed by atoms with Gasteiger partial charge in [-0.2, -0.15) is 0 Å². The molecule has 0 saturated carbocycles. The first-order valence-corrected chi connectivity index (χ1v) is 8.17. The highest BCUT2D eigenvalue weighted by Gasteiger charge is 2.13. The van der Waals surface area contributed by atoms with Gasteiger partial charge in [0.05, 0.1) is 6.04 Å². The number of phenols is 1. The molecule has 0 heterocycles. The Hall–Kier alpha value is -2.53. The van der Waals surface area contributed by atoms with E-state index >= 15 is 0 Å². The lowest BCUT2D eigenvalue weighted by Crippen LogP contribution is -2.38. The monoisotopic (exact) mass is 328 g/mol. The number of aliphatic hydroxyl groups excluding tert-OH is 1. The van der Waals surface area contributed by atoms with Crippen LogP contribution in [-0.2, 0) is 6.42 Å². The van der Waals surface area contributed by atoms with E-state index in [2.05, 4.69) is 10.6 Å². The number of rotatable bonds is 8. The molecular weight excluding hydrogens is 304 g/mol. The van der Waals surface area contributed by atoms with Gasteiger partial charge in [-0.15, -0.1) is 0 Å². The normalized spacial score (nSPS) is 11.7. The molecule has 0 radical (unpaired) electrons. The number of phenolic OH excluding ortho intramolecular Hbond substituents is 1. The molecule has 0 bridgehead atoms. The summed E-state index contributed by atoms with van der Waals surface area (Å²) in [4.78, 5) is 12.0. The van der Waals surface area contributed by atoms with E-state index in [1.165, 1.54) is 0 Å². The van der Waals surface area contributed by atoms with E-state index in [1.807, 2.05) is 42.5 Å². The molecule has 4 N–H and O–H groups in total. The van der Waals surface area contributed by atoms with E-state index in [-0.39, 0.29) is 24.4 Å². The van der Waals surface area contributed by atoms with Crippen molar-refractivity contribution >= 4 is 6.03 Å². The van der Waals surface area contributed by atoms with Gasteiger partial charge in [0.25, 0.3) is 0 Å². The topological polar surface area (TPSA) is 81.6 Å². The Balaban J connectivity index is 1.74. The van der Waals surface area contributed by atoms with Crippen molar-refractivity contribution in [3.8, 4) is 5.75 Å². The minimum atomic E-state index is -0.233. The maximum absolute atomic E-state index is 12.0. The number of hydrogen-bond donors (Lipinski definition) is 4. The van der Waals surface area contributed by atoms with Gasteiger partial charge < -0.3 is 20.8 Å². The van der Waals surface area contributed by atoms with Crippen molar-refractivity contribution in [3.05, 3.63) is 65.7 Å². The molecule has 0 saturated heterocycles. The quantitative estimate of drug-likeness (QED) is 0.562. The fourth-order valence-corrected chi connectivity index (χ4v) is 2.50. The summed E-state index contributed by atoms with van der Waals surface area (Å²) in [5.74, 6) is 0.257. The van der Waals surface area contributed by atoms with Crippen molar-refractivity contribution in [3.63, 3.8) is 0 Å². The van der Waals surface area contributed by atoms with Crippen LogP contribution in [0.3, 0.4) is 0 Å².